The van der Waals surface area contributed by atoms with Crippen molar-refractivity contribution in [1.82, 2.24) is 55.6 Å². The van der Waals surface area contributed by atoms with Crippen LogP contribution in [0, 0.1) is 0 Å². The summed E-state index contributed by atoms with van der Waals surface area (Å²) < 4.78 is 118. The summed E-state index contributed by atoms with van der Waals surface area (Å²) in [5.74, 6) is 0.120. The fourth-order valence-corrected chi connectivity index (χ4v) is 10.1. The molecule has 0 spiro atoms. The van der Waals surface area contributed by atoms with Crippen molar-refractivity contribution in [1.29, 1.82) is 0 Å². The van der Waals surface area contributed by atoms with Crippen molar-refractivity contribution < 1.29 is 113 Å². The molecule has 0 aliphatic heterocycles. The Morgan fingerprint density at radius 2 is 0.951 bits per heavy atom. The van der Waals surface area contributed by atoms with Gasteiger partial charge in [-0.1, -0.05) is 35.4 Å². The number of ether oxygens (including phenoxy) is 9. The predicted octanol–water partition coefficient (Wildman–Crippen LogP) is 6.25. The molecule has 3 heterocycles. The number of aromatic nitrogens is 9. The quantitative estimate of drug-likeness (QED) is 0.0106. The summed E-state index contributed by atoms with van der Waals surface area (Å²) in [6.07, 6.45) is 7.96. The summed E-state index contributed by atoms with van der Waals surface area (Å²) >= 11 is 0. The zero-order valence-corrected chi connectivity index (χ0v) is 61.0. The Labute approximate surface area is 591 Å². The fourth-order valence-electron chi connectivity index (χ4n) is 8.12. The molecule has 3 aromatic heterocycles. The molecule has 41 heteroatoms. The molecule has 3 aromatic carbocycles. The van der Waals surface area contributed by atoms with E-state index in [0.29, 0.717) is 99.4 Å². The number of phosphoric ester groups is 3. The van der Waals surface area contributed by atoms with Gasteiger partial charge in [0.1, 0.15) is 43.0 Å². The van der Waals surface area contributed by atoms with Gasteiger partial charge in [-0.25, -0.2) is 13.7 Å². The number of phosphoric acid groups is 3. The number of carbonyl (C=O) groups excluding carboxylic acids is 2. The predicted molar refractivity (Wildman–Crippen MR) is 364 cm³/mol. The fraction of sp³-hybridized carbons (Fsp3) is 0.574. The van der Waals surface area contributed by atoms with E-state index in [4.69, 9.17) is 56.2 Å². The molecule has 0 bridgehead atoms. The summed E-state index contributed by atoms with van der Waals surface area (Å²) in [7, 11) is -2.85. The molecule has 0 aliphatic rings. The van der Waals surface area contributed by atoms with Crippen LogP contribution in [0.1, 0.15) is 83.2 Å². The topological polar surface area (TPSA) is 449 Å². The number of nitrogens with zero attached hydrogens (tertiary/aromatic N) is 12. The van der Waals surface area contributed by atoms with Crippen LogP contribution >= 0.6 is 23.5 Å². The Morgan fingerprint density at radius 3 is 1.45 bits per heavy atom. The number of benzene rings is 3. The van der Waals surface area contributed by atoms with E-state index >= 15 is 0 Å². The summed E-state index contributed by atoms with van der Waals surface area (Å²) in [5, 5.41) is 48.1. The van der Waals surface area contributed by atoms with Crippen LogP contribution in [-0.2, 0) is 110 Å². The van der Waals surface area contributed by atoms with Gasteiger partial charge in [-0.05, 0) is 86.3 Å². The number of methoxy groups -OCH3 is 1. The van der Waals surface area contributed by atoms with Gasteiger partial charge in [-0.2, -0.15) is 10.2 Å². The third kappa shape index (κ3) is 36.8. The number of hydrogen-bond acceptors (Lipinski definition) is 30. The summed E-state index contributed by atoms with van der Waals surface area (Å²) in [5.41, 5.74) is 4.79. The number of rotatable bonds is 54. The van der Waals surface area contributed by atoms with Gasteiger partial charge < -0.3 is 78.0 Å². The van der Waals surface area contributed by atoms with Crippen molar-refractivity contribution in [2.75, 3.05) is 145 Å². The van der Waals surface area contributed by atoms with Crippen LogP contribution in [0.25, 0.3) is 0 Å². The van der Waals surface area contributed by atoms with E-state index in [0.717, 1.165) is 24.9 Å². The average Bonchev–Trinajstić information content (AvgIpc) is 1.02. The maximum absolute atomic E-state index is 13.3. The lowest BCUT2D eigenvalue weighted by molar-refractivity contribution is -0.0119. The second-order valence-corrected chi connectivity index (χ2v) is 26.4. The molecule has 0 aliphatic carbocycles. The van der Waals surface area contributed by atoms with Crippen molar-refractivity contribution in [2.45, 2.75) is 71.4 Å². The van der Waals surface area contributed by atoms with Crippen LogP contribution in [0.5, 0.6) is 17.2 Å². The van der Waals surface area contributed by atoms with Crippen LogP contribution in [-0.4, -0.2) is 223 Å². The number of aryl methyl sites for hydroxylation is 3. The van der Waals surface area contributed by atoms with E-state index in [2.05, 4.69) is 65.4 Å². The van der Waals surface area contributed by atoms with Crippen LogP contribution in [0.2, 0.25) is 0 Å². The minimum Gasteiger partial charge on any atom is -0.483 e. The normalized spacial score (nSPS) is 13.6. The number of carbonyl (C=O) groups is 2. The first kappa shape index (κ1) is 85.5. The molecule has 102 heavy (non-hydrogen) atoms. The van der Waals surface area contributed by atoms with Crippen LogP contribution < -0.4 is 29.7 Å². The number of hydrogen-bond donors (Lipinski definition) is 6. The SMILES string of the molecule is CCCOCCOCCOCCOCCOP(=O)(O)OCOP(=O)(O)OCC(O)COCCCNC(=O)c1ccc(N=Nc2ccc(N(C)C)cc2)cc1.COCCOP(=O)(O)OCCCCCCNC(=O)c1cc(OCc2cn(C)nn2)c(OCc2cn(C)nn2)c(OCc2cn(C)nn2)c1. The monoisotopic (exact) mass is 1500 g/mol. The number of aliphatic hydroxyl groups excluding tert-OH is 1. The van der Waals surface area contributed by atoms with Crippen molar-refractivity contribution in [3.05, 3.63) is 107 Å². The third-order valence-electron chi connectivity index (χ3n) is 13.1. The zero-order chi connectivity index (χ0) is 73.9. The lowest BCUT2D eigenvalue weighted by atomic mass is 10.1. The van der Waals surface area contributed by atoms with Gasteiger partial charge >= 0.3 is 23.5 Å². The molecule has 6 rings (SSSR count). The smallest absolute Gasteiger partial charge is 0.474 e. The van der Waals surface area contributed by atoms with E-state index in [1.165, 1.54) is 7.11 Å². The molecule has 4 unspecified atom stereocenters. The average molecular weight is 1500 g/mol. The summed E-state index contributed by atoms with van der Waals surface area (Å²) in [6, 6.07) is 17.4. The van der Waals surface area contributed by atoms with Gasteiger partial charge in [-0.3, -0.25) is 50.8 Å². The van der Waals surface area contributed by atoms with Crippen LogP contribution in [0.4, 0.5) is 17.1 Å². The molecule has 2 amide bonds. The van der Waals surface area contributed by atoms with Gasteiger partial charge in [-0.15, -0.1) is 15.3 Å². The standard InChI is InChI=1S/C33H54N4O15P2.C28H41N10O9P/c1-4-15-44-17-18-45-19-20-46-21-22-47-23-24-49-53(40,41)51-27-52-54(42,43)50-26-32(38)25-48-16-5-14-34-33(39)28-6-8-29(9-7-28)35-36-30-10-12-31(13-11-30)37(2)3;1-36-15-22(30-33-36)18-43-25-13-21(28(39)29-9-7-5-6-8-10-46-48(40,41)47-12-11-42-4)14-26(44-19-23-16-37(2)34-31-23)27(25)45-20-24-17-38(3)35-32-24/h6-13,32,38H,4-5,14-27H2,1-3H3,(H,34,39)(H,40,41)(H,42,43);13-17H,5-12,18-20H2,1-4H3,(H,29,39)(H,40,41). The Morgan fingerprint density at radius 1 is 0.510 bits per heavy atom. The number of aliphatic hydroxyl groups is 1. The van der Waals surface area contributed by atoms with Gasteiger partial charge in [0.2, 0.25) is 5.75 Å². The molecular formula is C61H95N14O24P3. The zero-order valence-electron chi connectivity index (χ0n) is 58.3. The van der Waals surface area contributed by atoms with E-state index < -0.39 is 43.0 Å². The molecule has 0 radical (unpaired) electrons. The minimum atomic E-state index is -4.75. The first-order valence-corrected chi connectivity index (χ1v) is 36.9. The van der Waals surface area contributed by atoms with Crippen LogP contribution in [0.15, 0.2) is 89.5 Å². The number of amides is 2. The van der Waals surface area contributed by atoms with Crippen LogP contribution in [0.3, 0.4) is 0 Å². The van der Waals surface area contributed by atoms with Crippen molar-refractivity contribution in [3.63, 3.8) is 0 Å². The molecule has 6 N–H and O–H groups in total. The molecule has 4 atom stereocenters. The molecule has 38 nitrogen and oxygen atoms in total. The van der Waals surface area contributed by atoms with E-state index in [1.807, 2.05) is 50.2 Å². The first-order valence-electron chi connectivity index (χ1n) is 32.4. The van der Waals surface area contributed by atoms with Crippen molar-refractivity contribution in [3.8, 4) is 17.2 Å². The molecule has 568 valence electrons. The molecule has 0 saturated heterocycles. The van der Waals surface area contributed by atoms with E-state index in [9.17, 15) is 43.1 Å². The van der Waals surface area contributed by atoms with Gasteiger partial charge in [0, 0.05) is 85.5 Å². The lowest BCUT2D eigenvalue weighted by Gasteiger charge is -2.18. The number of nitrogens with one attached hydrogen (secondary N) is 2. The van der Waals surface area contributed by atoms with Crippen molar-refractivity contribution >= 4 is 52.3 Å². The molecule has 0 fully saturated rings. The molecule has 6 aromatic rings. The van der Waals surface area contributed by atoms with E-state index in [1.54, 1.807) is 90.2 Å². The number of anilines is 1. The van der Waals surface area contributed by atoms with E-state index in [-0.39, 0.29) is 114 Å². The second-order valence-electron chi connectivity index (χ2n) is 22.0. The summed E-state index contributed by atoms with van der Waals surface area (Å²) in [4.78, 5) is 56.8. The highest BCUT2D eigenvalue weighted by Gasteiger charge is 2.28. The highest BCUT2D eigenvalue weighted by Crippen LogP contribution is 2.48. The number of unbranched alkanes of at least 4 members (excludes halogenated alkanes) is 3. The lowest BCUT2D eigenvalue weighted by Crippen LogP contribution is -2.26. The highest BCUT2D eigenvalue weighted by molar-refractivity contribution is 7.48. The maximum Gasteiger partial charge on any atom is 0.474 e. The molecular weight excluding hydrogens is 1410 g/mol. The second kappa shape index (κ2) is 48.0. The molecule has 0 saturated carbocycles. The first-order chi connectivity index (χ1) is 49.0. The maximum atomic E-state index is 13.3. The Hall–Kier alpha value is -7.13. The summed E-state index contributed by atoms with van der Waals surface area (Å²) in [6.45, 7) is 3.96. The van der Waals surface area contributed by atoms with Gasteiger partial charge in [0.25, 0.3) is 11.8 Å². The Kier molecular flexibility index (Phi) is 40.2. The number of azo groups is 1. The largest absolute Gasteiger partial charge is 0.483 e. The van der Waals surface area contributed by atoms with Gasteiger partial charge in [0.05, 0.1) is 116 Å². The Bertz CT molecular complexity index is 3450. The minimum absolute atomic E-state index is 0.0345. The van der Waals surface area contributed by atoms with Gasteiger partial charge in [0.15, 0.2) is 18.3 Å². The van der Waals surface area contributed by atoms with Crippen molar-refractivity contribution in [2.24, 2.45) is 31.4 Å². The third-order valence-corrected chi connectivity index (χ3v) is 16.0. The highest BCUT2D eigenvalue weighted by atomic mass is 31.2. The Balaban J connectivity index is 0.000000369.